The van der Waals surface area contributed by atoms with Crippen molar-refractivity contribution >= 4 is 0 Å². The second kappa shape index (κ2) is 6.37. The van der Waals surface area contributed by atoms with Crippen molar-refractivity contribution in [2.75, 3.05) is 0 Å². The first-order chi connectivity index (χ1) is 14.2. The molecule has 1 heteroatoms. The molecule has 4 aromatic carbocycles. The predicted molar refractivity (Wildman–Crippen MR) is 119 cm³/mol. The molecule has 0 aliphatic heterocycles. The van der Waals surface area contributed by atoms with E-state index in [-0.39, 0.29) is 0 Å². The van der Waals surface area contributed by atoms with Crippen LogP contribution in [0.5, 0.6) is 0 Å². The zero-order valence-corrected chi connectivity index (χ0v) is 20.5. The van der Waals surface area contributed by atoms with Crippen LogP contribution in [0.25, 0.3) is 22.3 Å². The Morgan fingerprint density at radius 3 is 0.931 bits per heavy atom. The van der Waals surface area contributed by atoms with E-state index in [0.717, 1.165) is 0 Å². The van der Waals surface area contributed by atoms with Gasteiger partial charge in [-0.25, -0.2) is 0 Å². The van der Waals surface area contributed by atoms with Gasteiger partial charge in [-0.2, -0.15) is 0 Å². The van der Waals surface area contributed by atoms with Crippen molar-refractivity contribution in [2.24, 2.45) is 0 Å². The summed E-state index contributed by atoms with van der Waals surface area (Å²) in [5, 5.41) is 0. The van der Waals surface area contributed by atoms with Gasteiger partial charge >= 0.3 is 178 Å². The fourth-order valence-electron chi connectivity index (χ4n) is 6.08. The molecule has 0 N–H and O–H groups in total. The molecule has 2 aliphatic rings. The summed E-state index contributed by atoms with van der Waals surface area (Å²) in [5.41, 5.74) is 12.1. The zero-order chi connectivity index (χ0) is 19.6. The van der Waals surface area contributed by atoms with Crippen molar-refractivity contribution in [2.45, 2.75) is 16.7 Å². The number of hydrogen-bond acceptors (Lipinski definition) is 0. The number of benzene rings is 4. The first kappa shape index (κ1) is 17.6. The molecule has 4 aromatic rings. The van der Waals surface area contributed by atoms with Gasteiger partial charge in [-0.1, -0.05) is 0 Å². The third-order valence-corrected chi connectivity index (χ3v) is 22.3. The number of hydrogen-bond donors (Lipinski definition) is 0. The molecule has 0 heterocycles. The van der Waals surface area contributed by atoms with E-state index in [4.69, 9.17) is 0 Å². The Bertz CT molecular complexity index is 1060. The predicted octanol–water partition coefficient (Wildman–Crippen LogP) is 7.78. The molecular formula is C28H24Hf. The summed E-state index contributed by atoms with van der Waals surface area (Å²) < 4.78 is 6.58. The Kier molecular flexibility index (Phi) is 3.87. The van der Waals surface area contributed by atoms with Gasteiger partial charge in [-0.15, -0.1) is 0 Å². The van der Waals surface area contributed by atoms with Crippen LogP contribution in [0.1, 0.15) is 29.6 Å². The van der Waals surface area contributed by atoms with E-state index in [1.165, 1.54) is 22.3 Å². The van der Waals surface area contributed by atoms with Crippen LogP contribution in [0.15, 0.2) is 97.1 Å². The van der Waals surface area contributed by atoms with Crippen molar-refractivity contribution in [3.8, 4) is 22.3 Å². The molecule has 0 nitrogen and oxygen atoms in total. The molecule has 29 heavy (non-hydrogen) atoms. The minimum atomic E-state index is -2.97. The third-order valence-electron chi connectivity index (χ3n) is 7.16. The Labute approximate surface area is 177 Å². The average molecular weight is 539 g/mol. The fraction of sp³-hybridized carbons (Fsp3) is 0.143. The van der Waals surface area contributed by atoms with Gasteiger partial charge in [0.2, 0.25) is 0 Å². The van der Waals surface area contributed by atoms with Gasteiger partial charge < -0.3 is 0 Å². The molecule has 0 radical (unpaired) electrons. The molecule has 0 fully saturated rings. The van der Waals surface area contributed by atoms with Gasteiger partial charge in [0.1, 0.15) is 0 Å². The summed E-state index contributed by atoms with van der Waals surface area (Å²) in [4.78, 5) is 0. The van der Waals surface area contributed by atoms with Gasteiger partial charge in [0.25, 0.3) is 0 Å². The molecule has 0 atom stereocenters. The van der Waals surface area contributed by atoms with Crippen molar-refractivity contribution in [1.29, 1.82) is 0 Å². The number of fused-ring (bicyclic) bond motifs is 6. The molecule has 6 rings (SSSR count). The van der Waals surface area contributed by atoms with Crippen molar-refractivity contribution in [1.82, 2.24) is 0 Å². The molecule has 140 valence electrons. The van der Waals surface area contributed by atoms with E-state index in [1.807, 2.05) is 0 Å². The van der Waals surface area contributed by atoms with Gasteiger partial charge in [0.05, 0.1) is 0 Å². The molecule has 0 unspecified atom stereocenters. The van der Waals surface area contributed by atoms with Gasteiger partial charge in [0, 0.05) is 0 Å². The first-order valence-corrected chi connectivity index (χ1v) is 21.9. The molecule has 0 saturated carbocycles. The van der Waals surface area contributed by atoms with E-state index >= 15 is 0 Å². The minimum absolute atomic E-state index is 0.596. The molecule has 0 spiro atoms. The summed E-state index contributed by atoms with van der Waals surface area (Å²) in [6.45, 7) is 0. The van der Waals surface area contributed by atoms with Crippen LogP contribution in [-0.4, -0.2) is 0 Å². The number of rotatable bonds is 2. The van der Waals surface area contributed by atoms with E-state index in [9.17, 15) is 0 Å². The van der Waals surface area contributed by atoms with Crippen LogP contribution in [0.2, 0.25) is 9.36 Å². The normalized spacial score (nSPS) is 15.0. The third kappa shape index (κ3) is 2.40. The van der Waals surface area contributed by atoms with Crippen molar-refractivity contribution < 1.29 is 20.0 Å². The van der Waals surface area contributed by atoms with E-state index < -0.39 is 20.0 Å². The summed E-state index contributed by atoms with van der Waals surface area (Å²) in [5.74, 6) is 0. The first-order valence-electron chi connectivity index (χ1n) is 10.5. The maximum absolute atomic E-state index is 2.97. The quantitative estimate of drug-likeness (QED) is 0.229. The van der Waals surface area contributed by atoms with Crippen molar-refractivity contribution in [3.05, 3.63) is 119 Å². The van der Waals surface area contributed by atoms with Crippen LogP contribution in [-0.2, 0) is 20.0 Å². The summed E-state index contributed by atoms with van der Waals surface area (Å²) in [6.07, 6.45) is 0. The molecule has 2 aliphatic carbocycles. The Balaban J connectivity index is 1.61. The van der Waals surface area contributed by atoms with E-state index in [1.54, 1.807) is 22.3 Å². The Morgan fingerprint density at radius 1 is 0.414 bits per heavy atom. The topological polar surface area (TPSA) is 0 Å². The van der Waals surface area contributed by atoms with Gasteiger partial charge in [0.15, 0.2) is 0 Å². The molecule has 0 aromatic heterocycles. The second-order valence-corrected chi connectivity index (χ2v) is 26.3. The van der Waals surface area contributed by atoms with Gasteiger partial charge in [-0.3, -0.25) is 0 Å². The standard InChI is InChI=1S/2C13H9.2CH3.Hf/c2*1-3-7-12-10(5-1)9-11-6-2-4-8-13(11)12;;;/h2*1-9H;2*1H3;. The maximum atomic E-state index is 2.69. The molecule has 0 bridgehead atoms. The SMILES string of the molecule is [CH3][Hf]([CH3])([CH]1c2ccccc2-c2ccccc21)[CH]1c2ccccc2-c2ccccc21. The van der Waals surface area contributed by atoms with Gasteiger partial charge in [-0.05, 0) is 0 Å². The summed E-state index contributed by atoms with van der Waals surface area (Å²) >= 11 is -2.97. The second-order valence-electron chi connectivity index (χ2n) is 9.04. The Morgan fingerprint density at radius 2 is 0.655 bits per heavy atom. The average Bonchev–Trinajstić information content (AvgIpc) is 3.28. The van der Waals surface area contributed by atoms with E-state index in [2.05, 4.69) is 106 Å². The van der Waals surface area contributed by atoms with E-state index in [0.29, 0.717) is 7.35 Å². The summed E-state index contributed by atoms with van der Waals surface area (Å²) in [7, 11) is 0. The fourth-order valence-corrected chi connectivity index (χ4v) is 22.4. The van der Waals surface area contributed by atoms with Crippen LogP contribution >= 0.6 is 0 Å². The molecule has 0 saturated heterocycles. The van der Waals surface area contributed by atoms with Crippen molar-refractivity contribution in [3.63, 3.8) is 0 Å². The molecular weight excluding hydrogens is 515 g/mol. The van der Waals surface area contributed by atoms with Crippen LogP contribution in [0, 0.1) is 0 Å². The zero-order valence-electron chi connectivity index (χ0n) is 16.9. The van der Waals surface area contributed by atoms with Crippen LogP contribution < -0.4 is 0 Å². The Hall–Kier alpha value is -2.25. The van der Waals surface area contributed by atoms with Crippen LogP contribution in [0.4, 0.5) is 0 Å². The molecule has 0 amide bonds. The summed E-state index contributed by atoms with van der Waals surface area (Å²) in [6, 6.07) is 36.6. The monoisotopic (exact) mass is 540 g/mol. The van der Waals surface area contributed by atoms with Crippen LogP contribution in [0.3, 0.4) is 0 Å².